The highest BCUT2D eigenvalue weighted by Gasteiger charge is 2.39. The molecule has 0 saturated carbocycles. The fraction of sp³-hybridized carbons (Fsp3) is 0.211. The second-order valence-corrected chi connectivity index (χ2v) is 6.14. The van der Waals surface area contributed by atoms with Crippen LogP contribution in [0.4, 0.5) is 11.4 Å². The topological polar surface area (TPSA) is 86.7 Å². The van der Waals surface area contributed by atoms with Crippen molar-refractivity contribution in [3.8, 4) is 0 Å². The number of anilines is 2. The number of carboxylic acids is 1. The van der Waals surface area contributed by atoms with Gasteiger partial charge in [-0.1, -0.05) is 12.1 Å². The first-order valence-corrected chi connectivity index (χ1v) is 7.91. The Hall–Kier alpha value is -3.15. The van der Waals surface area contributed by atoms with Gasteiger partial charge in [-0.05, 0) is 55.3 Å². The smallest absolute Gasteiger partial charge is 0.335 e. The van der Waals surface area contributed by atoms with E-state index in [1.54, 1.807) is 0 Å². The molecule has 0 spiro atoms. The van der Waals surface area contributed by atoms with Crippen LogP contribution in [-0.4, -0.2) is 28.9 Å². The lowest BCUT2D eigenvalue weighted by atomic mass is 10.1. The summed E-state index contributed by atoms with van der Waals surface area (Å²) in [6, 6.07) is 11.0. The average Bonchev–Trinajstić information content (AvgIpc) is 2.85. The lowest BCUT2D eigenvalue weighted by Crippen LogP contribution is -2.35. The maximum absolute atomic E-state index is 12.7. The Labute approximate surface area is 145 Å². The molecule has 0 aromatic heterocycles. The monoisotopic (exact) mass is 338 g/mol. The van der Waals surface area contributed by atoms with Crippen LogP contribution in [0.2, 0.25) is 0 Å². The van der Waals surface area contributed by atoms with Crippen LogP contribution in [0, 0.1) is 13.8 Å². The number of aryl methyl sites for hydroxylation is 2. The zero-order valence-corrected chi connectivity index (χ0v) is 13.9. The number of aromatic carboxylic acids is 1. The number of imide groups is 1. The van der Waals surface area contributed by atoms with Crippen LogP contribution in [0.25, 0.3) is 0 Å². The van der Waals surface area contributed by atoms with Crippen molar-refractivity contribution in [1.29, 1.82) is 0 Å². The molecule has 2 amide bonds. The van der Waals surface area contributed by atoms with E-state index < -0.39 is 12.0 Å². The minimum atomic E-state index is -1.06. The molecule has 1 aliphatic heterocycles. The van der Waals surface area contributed by atoms with Gasteiger partial charge < -0.3 is 10.4 Å². The molecule has 3 rings (SSSR count). The SMILES string of the molecule is Cc1ccc(C)c(NC2CC(=O)N(c3ccc(C(=O)O)cc3)C2=O)c1. The third-order valence-corrected chi connectivity index (χ3v) is 4.24. The Bertz CT molecular complexity index is 858. The maximum atomic E-state index is 12.7. The quantitative estimate of drug-likeness (QED) is 0.837. The van der Waals surface area contributed by atoms with Gasteiger partial charge in [0.1, 0.15) is 6.04 Å². The van der Waals surface area contributed by atoms with E-state index in [9.17, 15) is 14.4 Å². The number of nitrogens with one attached hydrogen (secondary N) is 1. The van der Waals surface area contributed by atoms with Crippen LogP contribution < -0.4 is 10.2 Å². The normalized spacial score (nSPS) is 17.0. The van der Waals surface area contributed by atoms with Crippen molar-refractivity contribution >= 4 is 29.2 Å². The molecule has 2 N–H and O–H groups in total. The molecule has 1 unspecified atom stereocenters. The molecule has 128 valence electrons. The first-order chi connectivity index (χ1) is 11.9. The second-order valence-electron chi connectivity index (χ2n) is 6.14. The maximum Gasteiger partial charge on any atom is 0.335 e. The minimum Gasteiger partial charge on any atom is -0.478 e. The molecule has 6 nitrogen and oxygen atoms in total. The summed E-state index contributed by atoms with van der Waals surface area (Å²) in [4.78, 5) is 37.0. The van der Waals surface area contributed by atoms with E-state index in [0.29, 0.717) is 5.69 Å². The van der Waals surface area contributed by atoms with Gasteiger partial charge in [0.2, 0.25) is 5.91 Å². The highest BCUT2D eigenvalue weighted by atomic mass is 16.4. The van der Waals surface area contributed by atoms with Crippen LogP contribution >= 0.6 is 0 Å². The Morgan fingerprint density at radius 3 is 2.44 bits per heavy atom. The van der Waals surface area contributed by atoms with Gasteiger partial charge in [-0.15, -0.1) is 0 Å². The second kappa shape index (κ2) is 6.39. The third kappa shape index (κ3) is 3.24. The van der Waals surface area contributed by atoms with E-state index in [-0.39, 0.29) is 23.8 Å². The Morgan fingerprint density at radius 2 is 1.80 bits per heavy atom. The third-order valence-electron chi connectivity index (χ3n) is 4.24. The summed E-state index contributed by atoms with van der Waals surface area (Å²) >= 11 is 0. The average molecular weight is 338 g/mol. The molecule has 0 radical (unpaired) electrons. The molecule has 2 aromatic carbocycles. The van der Waals surface area contributed by atoms with E-state index >= 15 is 0 Å². The fourth-order valence-electron chi connectivity index (χ4n) is 2.85. The number of nitrogens with zero attached hydrogens (tertiary/aromatic N) is 1. The van der Waals surface area contributed by atoms with Crippen LogP contribution in [0.15, 0.2) is 42.5 Å². The summed E-state index contributed by atoms with van der Waals surface area (Å²) in [5.74, 6) is -1.70. The number of hydrogen-bond donors (Lipinski definition) is 2. The van der Waals surface area contributed by atoms with E-state index in [4.69, 9.17) is 5.11 Å². The van der Waals surface area contributed by atoms with Gasteiger partial charge >= 0.3 is 5.97 Å². The number of benzene rings is 2. The molecular weight excluding hydrogens is 320 g/mol. The van der Waals surface area contributed by atoms with Crippen molar-refractivity contribution < 1.29 is 19.5 Å². The predicted octanol–water partition coefficient (Wildman–Crippen LogP) is 2.75. The van der Waals surface area contributed by atoms with Crippen LogP contribution in [-0.2, 0) is 9.59 Å². The van der Waals surface area contributed by atoms with E-state index in [1.165, 1.54) is 24.3 Å². The summed E-state index contributed by atoms with van der Waals surface area (Å²) < 4.78 is 0. The highest BCUT2D eigenvalue weighted by Crippen LogP contribution is 2.26. The van der Waals surface area contributed by atoms with Crippen molar-refractivity contribution in [2.75, 3.05) is 10.2 Å². The lowest BCUT2D eigenvalue weighted by molar-refractivity contribution is -0.121. The van der Waals surface area contributed by atoms with Crippen LogP contribution in [0.1, 0.15) is 27.9 Å². The van der Waals surface area contributed by atoms with Crippen LogP contribution in [0.3, 0.4) is 0 Å². The molecule has 6 heteroatoms. The van der Waals surface area contributed by atoms with E-state index in [1.807, 2.05) is 32.0 Å². The number of amides is 2. The standard InChI is InChI=1S/C19H18N2O4/c1-11-3-4-12(2)15(9-11)20-16-10-17(22)21(18(16)23)14-7-5-13(6-8-14)19(24)25/h3-9,16,20H,10H2,1-2H3,(H,24,25). The van der Waals surface area contributed by atoms with Crippen molar-refractivity contribution in [2.24, 2.45) is 0 Å². The zero-order valence-electron chi connectivity index (χ0n) is 13.9. The molecular formula is C19H18N2O4. The Balaban J connectivity index is 1.82. The summed E-state index contributed by atoms with van der Waals surface area (Å²) in [7, 11) is 0. The Kier molecular flexibility index (Phi) is 4.27. The predicted molar refractivity (Wildman–Crippen MR) is 93.8 cm³/mol. The highest BCUT2D eigenvalue weighted by molar-refractivity contribution is 6.23. The molecule has 0 aliphatic carbocycles. The number of carbonyl (C=O) groups excluding carboxylic acids is 2. The Morgan fingerprint density at radius 1 is 1.12 bits per heavy atom. The first-order valence-electron chi connectivity index (χ1n) is 7.91. The summed E-state index contributed by atoms with van der Waals surface area (Å²) in [5.41, 5.74) is 3.37. The van der Waals surface area contributed by atoms with Gasteiger partial charge in [0.05, 0.1) is 17.7 Å². The van der Waals surface area contributed by atoms with E-state index in [2.05, 4.69) is 5.32 Å². The lowest BCUT2D eigenvalue weighted by Gasteiger charge is -2.17. The number of rotatable bonds is 4. The van der Waals surface area contributed by atoms with Gasteiger partial charge in [0.25, 0.3) is 5.91 Å². The molecule has 1 aliphatic rings. The van der Waals surface area contributed by atoms with Gasteiger partial charge in [-0.25, -0.2) is 9.69 Å². The molecule has 2 aromatic rings. The molecule has 1 atom stereocenters. The van der Waals surface area contributed by atoms with Crippen molar-refractivity contribution in [2.45, 2.75) is 26.3 Å². The number of carboxylic acid groups (broad SMARTS) is 1. The molecule has 1 saturated heterocycles. The van der Waals surface area contributed by atoms with E-state index in [0.717, 1.165) is 21.7 Å². The largest absolute Gasteiger partial charge is 0.478 e. The van der Waals surface area contributed by atoms with Crippen LogP contribution in [0.5, 0.6) is 0 Å². The van der Waals surface area contributed by atoms with Crippen molar-refractivity contribution in [1.82, 2.24) is 0 Å². The molecule has 1 fully saturated rings. The molecule has 25 heavy (non-hydrogen) atoms. The van der Waals surface area contributed by atoms with Gasteiger partial charge in [-0.3, -0.25) is 9.59 Å². The zero-order chi connectivity index (χ0) is 18.1. The summed E-state index contributed by atoms with van der Waals surface area (Å²) in [6.45, 7) is 3.90. The van der Waals surface area contributed by atoms with Gasteiger partial charge in [0.15, 0.2) is 0 Å². The summed E-state index contributed by atoms with van der Waals surface area (Å²) in [6.07, 6.45) is 0.0624. The summed E-state index contributed by atoms with van der Waals surface area (Å²) in [5, 5.41) is 12.1. The van der Waals surface area contributed by atoms with Gasteiger partial charge in [0, 0.05) is 5.69 Å². The first kappa shape index (κ1) is 16.7. The van der Waals surface area contributed by atoms with Crippen molar-refractivity contribution in [3.63, 3.8) is 0 Å². The fourth-order valence-corrected chi connectivity index (χ4v) is 2.85. The van der Waals surface area contributed by atoms with Gasteiger partial charge in [-0.2, -0.15) is 0 Å². The van der Waals surface area contributed by atoms with Crippen molar-refractivity contribution in [3.05, 3.63) is 59.2 Å². The minimum absolute atomic E-state index is 0.0624. The number of hydrogen-bond acceptors (Lipinski definition) is 4. The number of carbonyl (C=O) groups is 3. The molecule has 1 heterocycles. The molecule has 0 bridgehead atoms.